The number of aliphatic hydroxyl groups is 1. The molecule has 1 aromatic heterocycles. The van der Waals surface area contributed by atoms with E-state index in [0.717, 1.165) is 44.1 Å². The van der Waals surface area contributed by atoms with Crippen molar-refractivity contribution in [3.8, 4) is 6.07 Å². The first-order chi connectivity index (χ1) is 19.6. The number of aliphatic hydroxyl groups excluding tert-OH is 1. The molecule has 1 N–H and O–H groups in total. The Labute approximate surface area is 249 Å². The van der Waals surface area contributed by atoms with Crippen molar-refractivity contribution < 1.29 is 23.8 Å². The van der Waals surface area contributed by atoms with Crippen LogP contribution in [-0.4, -0.2) is 34.2 Å². The van der Waals surface area contributed by atoms with E-state index in [1.165, 1.54) is 7.11 Å². The lowest BCUT2D eigenvalue weighted by molar-refractivity contribution is -0.172. The summed E-state index contributed by atoms with van der Waals surface area (Å²) in [5.74, 6) is 0.487. The number of nitrogens with zero attached hydrogens (tertiary/aromatic N) is 3. The zero-order chi connectivity index (χ0) is 30.6. The summed E-state index contributed by atoms with van der Waals surface area (Å²) in [7, 11) is 1.47. The Bertz CT molecular complexity index is 1470. The Morgan fingerprint density at radius 1 is 1.10 bits per heavy atom. The van der Waals surface area contributed by atoms with Crippen LogP contribution in [0, 0.1) is 69.5 Å². The Morgan fingerprint density at radius 3 is 2.43 bits per heavy atom. The third kappa shape index (κ3) is 3.58. The van der Waals surface area contributed by atoms with Crippen molar-refractivity contribution in [2.24, 2.45) is 51.2 Å². The van der Waals surface area contributed by atoms with Crippen LogP contribution in [0.1, 0.15) is 98.3 Å². The number of aryl methyl sites for hydroxylation is 1. The molecule has 5 aliphatic rings. The van der Waals surface area contributed by atoms with Crippen LogP contribution in [0.25, 0.3) is 0 Å². The van der Waals surface area contributed by atoms with Gasteiger partial charge < -0.3 is 14.3 Å². The topological polar surface area (TPSA) is 126 Å². The molecule has 0 aliphatic heterocycles. The van der Waals surface area contributed by atoms with Gasteiger partial charge in [-0.1, -0.05) is 40.2 Å². The van der Waals surface area contributed by atoms with Crippen LogP contribution in [0.3, 0.4) is 0 Å². The highest BCUT2D eigenvalue weighted by molar-refractivity contribution is 5.95. The van der Waals surface area contributed by atoms with Crippen LogP contribution < -0.4 is 0 Å². The van der Waals surface area contributed by atoms with E-state index in [-0.39, 0.29) is 63.3 Å². The molecule has 0 radical (unpaired) electrons. The van der Waals surface area contributed by atoms with Gasteiger partial charge in [0.05, 0.1) is 24.7 Å². The van der Waals surface area contributed by atoms with E-state index >= 15 is 0 Å². The summed E-state index contributed by atoms with van der Waals surface area (Å²) in [6, 6.07) is 2.28. The van der Waals surface area contributed by atoms with Crippen molar-refractivity contribution >= 4 is 11.8 Å². The van der Waals surface area contributed by atoms with E-state index in [4.69, 9.17) is 9.15 Å². The monoisotopic (exact) mass is 575 g/mol. The first-order valence-corrected chi connectivity index (χ1v) is 15.5. The first kappa shape index (κ1) is 29.1. The summed E-state index contributed by atoms with van der Waals surface area (Å²) in [6.07, 6.45) is 7.38. The van der Waals surface area contributed by atoms with Crippen LogP contribution in [0.15, 0.2) is 27.4 Å². The largest absolute Gasteiger partial charge is 0.510 e. The van der Waals surface area contributed by atoms with Gasteiger partial charge in [0, 0.05) is 12.8 Å². The minimum absolute atomic E-state index is 0.00495. The molecular formula is C34H45N3O5. The first-order valence-electron chi connectivity index (χ1n) is 15.5. The molecule has 1 heterocycles. The molecule has 6 rings (SSSR count). The van der Waals surface area contributed by atoms with Crippen molar-refractivity contribution in [1.29, 1.82) is 5.26 Å². The molecule has 0 aromatic carbocycles. The average Bonchev–Trinajstić information content (AvgIpc) is 3.37. The number of ether oxygens (including phenoxy) is 1. The summed E-state index contributed by atoms with van der Waals surface area (Å²) in [5, 5.41) is 30.1. The number of carbonyl (C=O) groups is 2. The van der Waals surface area contributed by atoms with Gasteiger partial charge in [0.1, 0.15) is 11.2 Å². The zero-order valence-electron chi connectivity index (χ0n) is 26.3. The van der Waals surface area contributed by atoms with E-state index in [1.54, 1.807) is 6.92 Å². The predicted molar refractivity (Wildman–Crippen MR) is 155 cm³/mol. The molecule has 3 fully saturated rings. The van der Waals surface area contributed by atoms with Crippen LogP contribution >= 0.6 is 0 Å². The number of rotatable bonds is 2. The number of fused-ring (bicyclic) bond motifs is 7. The lowest BCUT2D eigenvalue weighted by atomic mass is 9.35. The molecular weight excluding hydrogens is 530 g/mol. The van der Waals surface area contributed by atoms with Gasteiger partial charge in [-0.05, 0) is 97.4 Å². The maximum atomic E-state index is 14.5. The van der Waals surface area contributed by atoms with Gasteiger partial charge in [0.2, 0.25) is 11.8 Å². The van der Waals surface area contributed by atoms with Gasteiger partial charge in [-0.15, -0.1) is 10.2 Å². The molecule has 226 valence electrons. The highest BCUT2D eigenvalue weighted by Crippen LogP contribution is 2.74. The predicted octanol–water partition coefficient (Wildman–Crippen LogP) is 6.56. The van der Waals surface area contributed by atoms with Crippen molar-refractivity contribution in [1.82, 2.24) is 10.2 Å². The molecule has 9 atom stereocenters. The van der Waals surface area contributed by atoms with E-state index < -0.39 is 10.8 Å². The van der Waals surface area contributed by atoms with E-state index in [1.807, 2.05) is 13.0 Å². The normalized spacial score (nSPS) is 44.1. The van der Waals surface area contributed by atoms with Gasteiger partial charge in [-0.3, -0.25) is 9.59 Å². The number of hydrogen-bond acceptors (Lipinski definition) is 8. The van der Waals surface area contributed by atoms with Crippen LogP contribution in [-0.2, 0) is 19.7 Å². The molecule has 8 heteroatoms. The van der Waals surface area contributed by atoms with Crippen LogP contribution in [0.2, 0.25) is 0 Å². The number of aromatic nitrogens is 2. The molecule has 0 spiro atoms. The summed E-state index contributed by atoms with van der Waals surface area (Å²) < 4.78 is 11.2. The molecule has 5 aliphatic carbocycles. The highest BCUT2D eigenvalue weighted by Gasteiger charge is 2.70. The van der Waals surface area contributed by atoms with Crippen molar-refractivity contribution in [2.75, 3.05) is 7.11 Å². The molecule has 0 bridgehead atoms. The second-order valence-corrected chi connectivity index (χ2v) is 15.7. The third-order valence-electron chi connectivity index (χ3n) is 13.1. The molecule has 8 nitrogen and oxygen atoms in total. The number of hydrogen-bond donors (Lipinski definition) is 1. The summed E-state index contributed by atoms with van der Waals surface area (Å²) in [6.45, 7) is 14.9. The van der Waals surface area contributed by atoms with Crippen LogP contribution in [0.4, 0.5) is 0 Å². The highest BCUT2D eigenvalue weighted by atomic mass is 16.5. The van der Waals surface area contributed by atoms with Crippen LogP contribution in [0.5, 0.6) is 0 Å². The second-order valence-electron chi connectivity index (χ2n) is 15.7. The maximum Gasteiger partial charge on any atom is 0.308 e. The Hall–Kier alpha value is -2.95. The number of carbonyl (C=O) groups excluding carboxylic acids is 2. The standard InChI is InChI=1S/C34H45N3O5/c1-18-36-37-29(42-18)34(7)24-10-12-32(5)25(31(24,4)14-19(17-35)27(34)39)13-23(38)26-21-15-30(2,3)16-22(28(40)41-8)20(21)9-11-33(26,32)6/h13,20-22,24,26,39H,9-12,14-16H2,1-8H3/t20?,21-,22-,24-,26+,31+,32-,33-,34+/m1/s1. The van der Waals surface area contributed by atoms with Gasteiger partial charge in [0.25, 0.3) is 0 Å². The average molecular weight is 576 g/mol. The smallest absolute Gasteiger partial charge is 0.308 e. The SMILES string of the molecule is COC(=O)[C@@H]1CC(C)(C)C[C@@H]2C1CC[C@]1(C)[C@@H]2C(=O)C=C2[C@@]3(C)CC(C#N)=C(O)[C@@](C)(c4nnc(C)o4)[C@@H]3CC[C@]21C. The number of nitriles is 1. The molecule has 1 aromatic rings. The molecule has 1 unspecified atom stereocenters. The van der Waals surface area contributed by atoms with E-state index in [2.05, 4.69) is 50.9 Å². The van der Waals surface area contributed by atoms with Gasteiger partial charge in [-0.25, -0.2) is 0 Å². The molecule has 0 amide bonds. The van der Waals surface area contributed by atoms with Crippen molar-refractivity contribution in [2.45, 2.75) is 98.8 Å². The number of methoxy groups -OCH3 is 1. The lowest BCUT2D eigenvalue weighted by Crippen LogP contribution is -2.64. The summed E-state index contributed by atoms with van der Waals surface area (Å²) in [5.41, 5.74) is -0.853. The van der Waals surface area contributed by atoms with E-state index in [0.29, 0.717) is 23.8 Å². The second kappa shape index (κ2) is 9.03. The number of esters is 1. The molecule has 3 saturated carbocycles. The minimum atomic E-state index is -1.04. The van der Waals surface area contributed by atoms with Crippen molar-refractivity contribution in [3.05, 3.63) is 34.8 Å². The fraction of sp³-hybridized carbons (Fsp3) is 0.735. The molecule has 0 saturated heterocycles. The van der Waals surface area contributed by atoms with E-state index in [9.17, 15) is 20.0 Å². The van der Waals surface area contributed by atoms with Gasteiger partial charge >= 0.3 is 5.97 Å². The van der Waals surface area contributed by atoms with Crippen molar-refractivity contribution in [3.63, 3.8) is 0 Å². The number of allylic oxidation sites excluding steroid dienone is 4. The number of ketones is 1. The Kier molecular flexibility index (Phi) is 6.27. The van der Waals surface area contributed by atoms with Gasteiger partial charge in [-0.2, -0.15) is 5.26 Å². The fourth-order valence-corrected chi connectivity index (χ4v) is 11.1. The van der Waals surface area contributed by atoms with Gasteiger partial charge in [0.15, 0.2) is 5.78 Å². The fourth-order valence-electron chi connectivity index (χ4n) is 11.1. The summed E-state index contributed by atoms with van der Waals surface area (Å²) >= 11 is 0. The maximum absolute atomic E-state index is 14.5. The molecule has 42 heavy (non-hydrogen) atoms. The quantitative estimate of drug-likeness (QED) is 0.393. The lowest BCUT2D eigenvalue weighted by Gasteiger charge is -2.68. The zero-order valence-corrected chi connectivity index (χ0v) is 26.3. The minimum Gasteiger partial charge on any atom is -0.510 e. The third-order valence-corrected chi connectivity index (χ3v) is 13.1. The summed E-state index contributed by atoms with van der Waals surface area (Å²) in [4.78, 5) is 27.5. The Balaban J connectivity index is 1.49. The Morgan fingerprint density at radius 2 is 1.81 bits per heavy atom.